The lowest BCUT2D eigenvalue weighted by atomic mass is 9.97. The van der Waals surface area contributed by atoms with Gasteiger partial charge in [0.1, 0.15) is 5.58 Å². The van der Waals surface area contributed by atoms with Crippen LogP contribution in [0, 0.1) is 0 Å². The fraction of sp³-hybridized carbons (Fsp3) is 0.241. The van der Waals surface area contributed by atoms with Crippen molar-refractivity contribution in [1.82, 2.24) is 4.90 Å². The molecule has 1 unspecified atom stereocenters. The van der Waals surface area contributed by atoms with Crippen molar-refractivity contribution in [2.24, 2.45) is 0 Å². The minimum atomic E-state index is -0.557. The van der Waals surface area contributed by atoms with E-state index < -0.39 is 6.04 Å². The van der Waals surface area contributed by atoms with Crippen LogP contribution in [0.5, 0.6) is 11.5 Å². The minimum absolute atomic E-state index is 0.0895. The van der Waals surface area contributed by atoms with Gasteiger partial charge in [-0.3, -0.25) is 9.59 Å². The van der Waals surface area contributed by atoms with E-state index >= 15 is 0 Å². The van der Waals surface area contributed by atoms with Gasteiger partial charge in [-0.25, -0.2) is 0 Å². The van der Waals surface area contributed by atoms with E-state index in [0.717, 1.165) is 17.5 Å². The molecular formula is C29H26ClNO5. The zero-order valence-electron chi connectivity index (χ0n) is 20.3. The molecule has 6 nitrogen and oxygen atoms in total. The number of carbonyl (C=O) groups is 1. The molecule has 184 valence electrons. The number of amides is 1. The number of hydrogen-bond acceptors (Lipinski definition) is 5. The summed E-state index contributed by atoms with van der Waals surface area (Å²) in [6.45, 7) is 2.47. The van der Waals surface area contributed by atoms with Gasteiger partial charge in [0.15, 0.2) is 16.9 Å². The van der Waals surface area contributed by atoms with Crippen molar-refractivity contribution < 1.29 is 18.7 Å². The highest BCUT2D eigenvalue weighted by molar-refractivity contribution is 6.31. The summed E-state index contributed by atoms with van der Waals surface area (Å²) in [5.41, 5.74) is 3.48. The lowest BCUT2D eigenvalue weighted by Crippen LogP contribution is -2.31. The van der Waals surface area contributed by atoms with Crippen molar-refractivity contribution in [2.75, 3.05) is 20.8 Å². The van der Waals surface area contributed by atoms with E-state index in [1.165, 1.54) is 5.56 Å². The first-order valence-corrected chi connectivity index (χ1v) is 12.2. The third-order valence-corrected chi connectivity index (χ3v) is 6.96. The summed E-state index contributed by atoms with van der Waals surface area (Å²) in [5, 5.41) is 0.805. The van der Waals surface area contributed by atoms with Crippen LogP contribution in [-0.2, 0) is 12.8 Å². The van der Waals surface area contributed by atoms with Crippen LogP contribution in [0.3, 0.4) is 0 Å². The van der Waals surface area contributed by atoms with Crippen LogP contribution in [0.4, 0.5) is 0 Å². The quantitative estimate of drug-likeness (QED) is 0.318. The van der Waals surface area contributed by atoms with E-state index in [0.29, 0.717) is 46.0 Å². The molecule has 0 bridgehead atoms. The number of methoxy groups -OCH3 is 2. The zero-order chi connectivity index (χ0) is 25.4. The Hall–Kier alpha value is -3.77. The van der Waals surface area contributed by atoms with Gasteiger partial charge in [-0.1, -0.05) is 48.9 Å². The highest BCUT2D eigenvalue weighted by atomic mass is 35.5. The zero-order valence-corrected chi connectivity index (χ0v) is 21.1. The average molecular weight is 504 g/mol. The van der Waals surface area contributed by atoms with E-state index in [2.05, 4.69) is 6.92 Å². The van der Waals surface area contributed by atoms with Gasteiger partial charge in [0, 0.05) is 11.6 Å². The molecule has 7 heteroatoms. The van der Waals surface area contributed by atoms with Crippen molar-refractivity contribution in [2.45, 2.75) is 25.8 Å². The van der Waals surface area contributed by atoms with E-state index in [1.807, 2.05) is 42.5 Å². The van der Waals surface area contributed by atoms with E-state index in [1.54, 1.807) is 37.3 Å². The lowest BCUT2D eigenvalue weighted by molar-refractivity contribution is 0.0730. The monoisotopic (exact) mass is 503 g/mol. The summed E-state index contributed by atoms with van der Waals surface area (Å²) in [6, 6.07) is 18.0. The smallest absolute Gasteiger partial charge is 0.290 e. The lowest BCUT2D eigenvalue weighted by Gasteiger charge is -2.25. The molecular weight excluding hydrogens is 478 g/mol. The average Bonchev–Trinajstić information content (AvgIpc) is 3.19. The summed E-state index contributed by atoms with van der Waals surface area (Å²) in [6.07, 6.45) is 1.46. The number of halogens is 1. The Kier molecular flexibility index (Phi) is 6.46. The van der Waals surface area contributed by atoms with Crippen molar-refractivity contribution >= 4 is 28.5 Å². The van der Waals surface area contributed by atoms with Gasteiger partial charge in [-0.05, 0) is 59.9 Å². The van der Waals surface area contributed by atoms with Crippen molar-refractivity contribution in [3.8, 4) is 11.5 Å². The summed E-state index contributed by atoms with van der Waals surface area (Å²) < 4.78 is 16.8. The molecule has 4 aromatic rings. The van der Waals surface area contributed by atoms with Gasteiger partial charge in [-0.2, -0.15) is 0 Å². The molecule has 36 heavy (non-hydrogen) atoms. The first kappa shape index (κ1) is 23.9. The summed E-state index contributed by atoms with van der Waals surface area (Å²) in [7, 11) is 3.18. The fourth-order valence-electron chi connectivity index (χ4n) is 4.79. The third-order valence-electron chi connectivity index (χ3n) is 6.72. The Morgan fingerprint density at radius 2 is 1.64 bits per heavy atom. The van der Waals surface area contributed by atoms with Gasteiger partial charge in [0.05, 0.1) is 31.2 Å². The van der Waals surface area contributed by atoms with Gasteiger partial charge in [0.2, 0.25) is 5.76 Å². The predicted molar refractivity (Wildman–Crippen MR) is 139 cm³/mol. The second-order valence-corrected chi connectivity index (χ2v) is 9.19. The van der Waals surface area contributed by atoms with Crippen LogP contribution in [-0.4, -0.2) is 31.6 Å². The standard InChI is InChI=1S/C29H26ClNO5/c1-4-17-5-8-19(9-6-17)26-25-27(32)21-16-20(30)10-12-22(21)36-28(25)29(33)31(26)14-13-18-7-11-23(34-2)24(15-18)35-3/h5-12,15-16,26H,4,13-14H2,1-3H3. The molecule has 0 N–H and O–H groups in total. The second kappa shape index (κ2) is 9.70. The molecule has 0 fully saturated rings. The summed E-state index contributed by atoms with van der Waals surface area (Å²) in [5.74, 6) is 1.05. The molecule has 0 saturated carbocycles. The number of nitrogens with zero attached hydrogens (tertiary/aromatic N) is 1. The van der Waals surface area contributed by atoms with Crippen molar-refractivity contribution in [1.29, 1.82) is 0 Å². The highest BCUT2D eigenvalue weighted by Crippen LogP contribution is 2.39. The summed E-state index contributed by atoms with van der Waals surface area (Å²) in [4.78, 5) is 29.0. The molecule has 0 radical (unpaired) electrons. The number of aryl methyl sites for hydroxylation is 1. The third kappa shape index (κ3) is 4.11. The molecule has 1 aliphatic rings. The molecule has 3 aromatic carbocycles. The molecule has 0 spiro atoms. The Morgan fingerprint density at radius 3 is 2.33 bits per heavy atom. The van der Waals surface area contributed by atoms with Gasteiger partial charge >= 0.3 is 0 Å². The molecule has 0 aliphatic carbocycles. The fourth-order valence-corrected chi connectivity index (χ4v) is 4.96. The first-order chi connectivity index (χ1) is 17.4. The molecule has 0 saturated heterocycles. The maximum atomic E-state index is 13.7. The number of carbonyl (C=O) groups excluding carboxylic acids is 1. The van der Waals surface area contributed by atoms with Crippen molar-refractivity contribution in [3.63, 3.8) is 0 Å². The van der Waals surface area contributed by atoms with Crippen LogP contribution in [0.2, 0.25) is 5.02 Å². The largest absolute Gasteiger partial charge is 0.493 e. The second-order valence-electron chi connectivity index (χ2n) is 8.75. The van der Waals surface area contributed by atoms with E-state index in [-0.39, 0.29) is 17.1 Å². The van der Waals surface area contributed by atoms with Gasteiger partial charge < -0.3 is 18.8 Å². The SMILES string of the molecule is CCc1ccc(C2c3c(oc4ccc(Cl)cc4c3=O)C(=O)N2CCc2ccc(OC)c(OC)c2)cc1. The molecule has 2 heterocycles. The predicted octanol–water partition coefficient (Wildman–Crippen LogP) is 5.81. The van der Waals surface area contributed by atoms with Gasteiger partial charge in [-0.15, -0.1) is 0 Å². The Labute approximate surface area is 214 Å². The molecule has 1 amide bonds. The molecule has 1 atom stereocenters. The Morgan fingerprint density at radius 1 is 0.917 bits per heavy atom. The number of rotatable bonds is 7. The summed E-state index contributed by atoms with van der Waals surface area (Å²) >= 11 is 6.17. The number of benzene rings is 3. The van der Waals surface area contributed by atoms with Crippen LogP contribution >= 0.6 is 11.6 Å². The first-order valence-electron chi connectivity index (χ1n) is 11.8. The van der Waals surface area contributed by atoms with Crippen LogP contribution < -0.4 is 14.9 Å². The van der Waals surface area contributed by atoms with E-state index in [4.69, 9.17) is 25.5 Å². The van der Waals surface area contributed by atoms with Crippen LogP contribution in [0.15, 0.2) is 69.9 Å². The number of hydrogen-bond donors (Lipinski definition) is 0. The van der Waals surface area contributed by atoms with E-state index in [9.17, 15) is 9.59 Å². The number of ether oxygens (including phenoxy) is 2. The maximum Gasteiger partial charge on any atom is 0.290 e. The number of fused-ring (bicyclic) bond motifs is 2. The topological polar surface area (TPSA) is 69.0 Å². The molecule has 5 rings (SSSR count). The highest BCUT2D eigenvalue weighted by Gasteiger charge is 2.42. The Balaban J connectivity index is 1.58. The van der Waals surface area contributed by atoms with Crippen LogP contribution in [0.1, 0.15) is 45.8 Å². The maximum absolute atomic E-state index is 13.7. The normalized spacial score (nSPS) is 14.8. The van der Waals surface area contributed by atoms with Crippen LogP contribution in [0.25, 0.3) is 11.0 Å². The van der Waals surface area contributed by atoms with Crippen molar-refractivity contribution in [3.05, 3.63) is 104 Å². The minimum Gasteiger partial charge on any atom is -0.493 e. The molecule has 1 aliphatic heterocycles. The van der Waals surface area contributed by atoms with Gasteiger partial charge in [0.25, 0.3) is 5.91 Å². The Bertz CT molecular complexity index is 1510. The molecule has 1 aromatic heterocycles.